The largest absolute Gasteiger partial charge is 0.481 e. The number of H-pyrrole nitrogens is 1. The smallest absolute Gasteiger partial charge is 0.307 e. The Kier molecular flexibility index (Phi) is 2.49. The molecule has 3 nitrogen and oxygen atoms in total. The maximum absolute atomic E-state index is 10.9. The molecule has 0 spiro atoms. The molecule has 0 saturated carbocycles. The number of hydrogen-bond acceptors (Lipinski definition) is 1. The van der Waals surface area contributed by atoms with Gasteiger partial charge in [-0.1, -0.05) is 41.9 Å². The van der Waals surface area contributed by atoms with E-state index in [0.29, 0.717) is 5.02 Å². The molecular formula is C14H10ClNO2. The highest BCUT2D eigenvalue weighted by Gasteiger charge is 2.11. The lowest BCUT2D eigenvalue weighted by molar-refractivity contribution is -0.136. The number of benzene rings is 2. The molecule has 0 bridgehead atoms. The first-order valence-corrected chi connectivity index (χ1v) is 5.94. The van der Waals surface area contributed by atoms with Gasteiger partial charge in [-0.25, -0.2) is 0 Å². The van der Waals surface area contributed by atoms with Crippen molar-refractivity contribution < 1.29 is 9.90 Å². The van der Waals surface area contributed by atoms with E-state index in [1.807, 2.05) is 36.4 Å². The predicted molar refractivity (Wildman–Crippen MR) is 72.2 cm³/mol. The van der Waals surface area contributed by atoms with Crippen molar-refractivity contribution in [3.8, 4) is 0 Å². The summed E-state index contributed by atoms with van der Waals surface area (Å²) in [5, 5.41) is 11.6. The number of carbonyl (C=O) groups is 1. The zero-order chi connectivity index (χ0) is 12.7. The van der Waals surface area contributed by atoms with Crippen LogP contribution in [0.1, 0.15) is 5.56 Å². The number of hydrogen-bond donors (Lipinski definition) is 2. The first kappa shape index (κ1) is 11.1. The second kappa shape index (κ2) is 4.03. The van der Waals surface area contributed by atoms with Crippen LogP contribution in [0, 0.1) is 0 Å². The van der Waals surface area contributed by atoms with Crippen LogP contribution in [0.2, 0.25) is 5.02 Å². The summed E-state index contributed by atoms with van der Waals surface area (Å²) in [6, 6.07) is 11.3. The predicted octanol–water partition coefficient (Wildman–Crippen LogP) is 3.60. The highest BCUT2D eigenvalue weighted by molar-refractivity contribution is 6.36. The van der Waals surface area contributed by atoms with E-state index in [9.17, 15) is 4.79 Å². The Balaban J connectivity index is 2.38. The zero-order valence-corrected chi connectivity index (χ0v) is 10.2. The van der Waals surface area contributed by atoms with E-state index in [1.165, 1.54) is 0 Å². The summed E-state index contributed by atoms with van der Waals surface area (Å²) < 4.78 is 0. The molecule has 0 unspecified atom stereocenters. The van der Waals surface area contributed by atoms with E-state index in [2.05, 4.69) is 4.98 Å². The van der Waals surface area contributed by atoms with Crippen LogP contribution in [0.5, 0.6) is 0 Å². The molecule has 0 amide bonds. The van der Waals surface area contributed by atoms with Gasteiger partial charge in [-0.3, -0.25) is 4.79 Å². The van der Waals surface area contributed by atoms with Crippen molar-refractivity contribution in [2.24, 2.45) is 0 Å². The van der Waals surface area contributed by atoms with Crippen LogP contribution in [-0.4, -0.2) is 16.1 Å². The third-order valence-corrected chi connectivity index (χ3v) is 3.36. The fraction of sp³-hybridized carbons (Fsp3) is 0.0714. The molecule has 0 aliphatic carbocycles. The van der Waals surface area contributed by atoms with Crippen LogP contribution in [0.4, 0.5) is 0 Å². The van der Waals surface area contributed by atoms with Crippen molar-refractivity contribution in [2.45, 2.75) is 6.42 Å². The maximum atomic E-state index is 10.9. The fourth-order valence-corrected chi connectivity index (χ4v) is 2.50. The van der Waals surface area contributed by atoms with E-state index in [-0.39, 0.29) is 6.42 Å². The number of nitrogens with one attached hydrogen (secondary N) is 1. The van der Waals surface area contributed by atoms with Crippen molar-refractivity contribution >= 4 is 39.4 Å². The van der Waals surface area contributed by atoms with Crippen molar-refractivity contribution in [1.82, 2.24) is 4.98 Å². The number of aromatic amines is 1. The van der Waals surface area contributed by atoms with Crippen LogP contribution in [0.25, 0.3) is 21.8 Å². The summed E-state index contributed by atoms with van der Waals surface area (Å²) in [6.07, 6.45) is 0.00177. The van der Waals surface area contributed by atoms with Crippen molar-refractivity contribution in [1.29, 1.82) is 0 Å². The molecule has 18 heavy (non-hydrogen) atoms. The molecule has 1 heterocycles. The monoisotopic (exact) mass is 259 g/mol. The number of fused-ring (bicyclic) bond motifs is 3. The van der Waals surface area contributed by atoms with Crippen molar-refractivity contribution in [3.63, 3.8) is 0 Å². The highest BCUT2D eigenvalue weighted by atomic mass is 35.5. The standard InChI is InChI=1S/C14H10ClNO2/c15-11-6-2-5-10-9-4-1-3-8(7-12(17)18)13(9)16-14(10)11/h1-6,16H,7H2,(H,17,18). The van der Waals surface area contributed by atoms with E-state index in [1.54, 1.807) is 0 Å². The summed E-state index contributed by atoms with van der Waals surface area (Å²) in [5.41, 5.74) is 2.47. The number of para-hydroxylation sites is 2. The molecule has 0 saturated heterocycles. The van der Waals surface area contributed by atoms with Gasteiger partial charge in [0.1, 0.15) is 0 Å². The van der Waals surface area contributed by atoms with Gasteiger partial charge in [-0.15, -0.1) is 0 Å². The van der Waals surface area contributed by atoms with Crippen molar-refractivity contribution in [2.75, 3.05) is 0 Å². The van der Waals surface area contributed by atoms with E-state index < -0.39 is 5.97 Å². The van der Waals surface area contributed by atoms with Crippen LogP contribution in [-0.2, 0) is 11.2 Å². The topological polar surface area (TPSA) is 53.1 Å². The molecule has 90 valence electrons. The number of aliphatic carboxylic acids is 1. The molecule has 0 fully saturated rings. The number of halogens is 1. The maximum Gasteiger partial charge on any atom is 0.307 e. The average molecular weight is 260 g/mol. The Bertz CT molecular complexity index is 761. The van der Waals surface area contributed by atoms with Gasteiger partial charge in [0.2, 0.25) is 0 Å². The Morgan fingerprint density at radius 2 is 1.78 bits per heavy atom. The van der Waals surface area contributed by atoms with E-state index in [4.69, 9.17) is 16.7 Å². The minimum Gasteiger partial charge on any atom is -0.481 e. The first-order chi connectivity index (χ1) is 8.66. The van der Waals surface area contributed by atoms with E-state index >= 15 is 0 Å². The Morgan fingerprint density at radius 1 is 1.11 bits per heavy atom. The molecule has 0 atom stereocenters. The number of carboxylic acids is 1. The number of carboxylic acid groups (broad SMARTS) is 1. The van der Waals surface area contributed by atoms with Crippen LogP contribution < -0.4 is 0 Å². The molecule has 3 rings (SSSR count). The molecule has 0 radical (unpaired) electrons. The lowest BCUT2D eigenvalue weighted by atomic mass is 10.1. The molecule has 4 heteroatoms. The summed E-state index contributed by atoms with van der Waals surface area (Å²) in [4.78, 5) is 14.1. The third kappa shape index (κ3) is 1.64. The number of aromatic nitrogens is 1. The van der Waals surface area contributed by atoms with Gasteiger partial charge in [0.25, 0.3) is 0 Å². The quantitative estimate of drug-likeness (QED) is 0.739. The molecule has 0 aliphatic heterocycles. The second-order valence-corrected chi connectivity index (χ2v) is 4.60. The normalized spacial score (nSPS) is 11.2. The van der Waals surface area contributed by atoms with Crippen LogP contribution in [0.3, 0.4) is 0 Å². The highest BCUT2D eigenvalue weighted by Crippen LogP contribution is 2.31. The molecule has 3 aromatic rings. The molecule has 2 aromatic carbocycles. The van der Waals surface area contributed by atoms with Crippen molar-refractivity contribution in [3.05, 3.63) is 47.0 Å². The summed E-state index contributed by atoms with van der Waals surface area (Å²) in [7, 11) is 0. The lowest BCUT2D eigenvalue weighted by Gasteiger charge is -1.98. The van der Waals surface area contributed by atoms with Gasteiger partial charge in [0.05, 0.1) is 22.5 Å². The summed E-state index contributed by atoms with van der Waals surface area (Å²) >= 11 is 6.14. The van der Waals surface area contributed by atoms with E-state index in [0.717, 1.165) is 27.4 Å². The minimum absolute atomic E-state index is 0.00177. The molecule has 2 N–H and O–H groups in total. The Hall–Kier alpha value is -2.00. The van der Waals surface area contributed by atoms with Gasteiger partial charge in [-0.05, 0) is 11.6 Å². The number of rotatable bonds is 2. The second-order valence-electron chi connectivity index (χ2n) is 4.20. The fourth-order valence-electron chi connectivity index (χ4n) is 2.28. The van der Waals surface area contributed by atoms with Gasteiger partial charge in [0, 0.05) is 10.8 Å². The minimum atomic E-state index is -0.841. The van der Waals surface area contributed by atoms with Crippen LogP contribution >= 0.6 is 11.6 Å². The summed E-state index contributed by atoms with van der Waals surface area (Å²) in [6.45, 7) is 0. The lowest BCUT2D eigenvalue weighted by Crippen LogP contribution is -2.00. The Morgan fingerprint density at radius 3 is 2.50 bits per heavy atom. The van der Waals surface area contributed by atoms with Gasteiger partial charge >= 0.3 is 5.97 Å². The molecule has 0 aliphatic rings. The molecular weight excluding hydrogens is 250 g/mol. The zero-order valence-electron chi connectivity index (χ0n) is 9.40. The van der Waals surface area contributed by atoms with Crippen LogP contribution in [0.15, 0.2) is 36.4 Å². The van der Waals surface area contributed by atoms with Gasteiger partial charge in [-0.2, -0.15) is 0 Å². The van der Waals surface area contributed by atoms with Gasteiger partial charge < -0.3 is 10.1 Å². The molecule has 1 aromatic heterocycles. The third-order valence-electron chi connectivity index (χ3n) is 3.05. The first-order valence-electron chi connectivity index (χ1n) is 5.56. The average Bonchev–Trinajstić information content (AvgIpc) is 2.70. The van der Waals surface area contributed by atoms with Gasteiger partial charge in [0.15, 0.2) is 0 Å². The SMILES string of the molecule is O=C(O)Cc1cccc2c1[nH]c1c(Cl)cccc12. The summed E-state index contributed by atoms with van der Waals surface area (Å²) in [5.74, 6) is -0.841. The Labute approximate surface area is 108 Å².